The third-order valence-corrected chi connectivity index (χ3v) is 3.55. The van der Waals surface area contributed by atoms with Gasteiger partial charge in [0.2, 0.25) is 0 Å². The fraction of sp³-hybridized carbons (Fsp3) is 0.600. The molecule has 2 unspecified atom stereocenters. The van der Waals surface area contributed by atoms with Crippen LogP contribution in [0.25, 0.3) is 0 Å². The monoisotopic (exact) mass is 233 g/mol. The molecule has 1 saturated carbocycles. The first-order chi connectivity index (χ1) is 8.29. The number of aliphatic hydroxyl groups is 1. The molecule has 1 aliphatic rings. The third-order valence-electron chi connectivity index (χ3n) is 3.55. The van der Waals surface area contributed by atoms with Crippen LogP contribution in [0.15, 0.2) is 30.3 Å². The molecule has 0 aliphatic heterocycles. The minimum absolute atomic E-state index is 0.275. The van der Waals surface area contributed by atoms with E-state index >= 15 is 0 Å². The molecule has 1 aromatic rings. The summed E-state index contributed by atoms with van der Waals surface area (Å²) >= 11 is 0. The summed E-state index contributed by atoms with van der Waals surface area (Å²) in [5.74, 6) is 0.844. The average Bonchev–Trinajstić information content (AvgIpc) is 3.14. The summed E-state index contributed by atoms with van der Waals surface area (Å²) in [7, 11) is 0. The summed E-state index contributed by atoms with van der Waals surface area (Å²) in [6, 6.07) is 11.7. The average molecular weight is 233 g/mol. The largest absolute Gasteiger partial charge is 0.396 e. The van der Waals surface area contributed by atoms with Crippen LogP contribution < -0.4 is 5.32 Å². The maximum atomic E-state index is 8.95. The number of aliphatic hydroxyl groups excluding tert-OH is 1. The number of benzene rings is 1. The Morgan fingerprint density at radius 3 is 2.59 bits per heavy atom. The third kappa shape index (κ3) is 4.14. The molecule has 94 valence electrons. The topological polar surface area (TPSA) is 32.3 Å². The lowest BCUT2D eigenvalue weighted by Crippen LogP contribution is -2.40. The zero-order valence-corrected chi connectivity index (χ0v) is 10.6. The van der Waals surface area contributed by atoms with Gasteiger partial charge in [-0.1, -0.05) is 30.3 Å². The number of nitrogens with one attached hydrogen (secondary N) is 1. The molecule has 0 saturated heterocycles. The van der Waals surface area contributed by atoms with Crippen LogP contribution in [0.5, 0.6) is 0 Å². The maximum absolute atomic E-state index is 8.95. The molecule has 2 atom stereocenters. The van der Waals surface area contributed by atoms with Gasteiger partial charge in [-0.05, 0) is 44.1 Å². The smallest absolute Gasteiger partial charge is 0.0445 e. The van der Waals surface area contributed by atoms with Crippen LogP contribution in [-0.2, 0) is 6.42 Å². The molecule has 2 N–H and O–H groups in total. The van der Waals surface area contributed by atoms with Gasteiger partial charge >= 0.3 is 0 Å². The van der Waals surface area contributed by atoms with E-state index in [1.807, 2.05) is 0 Å². The second-order valence-corrected chi connectivity index (χ2v) is 5.21. The van der Waals surface area contributed by atoms with E-state index in [4.69, 9.17) is 5.11 Å². The summed E-state index contributed by atoms with van der Waals surface area (Å²) in [6.45, 7) is 2.44. The Bertz CT molecular complexity index is 321. The van der Waals surface area contributed by atoms with Gasteiger partial charge in [-0.3, -0.25) is 0 Å². The minimum atomic E-state index is 0.275. The lowest BCUT2D eigenvalue weighted by Gasteiger charge is -2.23. The van der Waals surface area contributed by atoms with Crippen LogP contribution in [0.1, 0.15) is 31.7 Å². The van der Waals surface area contributed by atoms with Crippen molar-refractivity contribution < 1.29 is 5.11 Å². The molecule has 1 aliphatic carbocycles. The van der Waals surface area contributed by atoms with Crippen molar-refractivity contribution in [2.75, 3.05) is 6.61 Å². The first kappa shape index (κ1) is 12.6. The molecule has 1 aromatic carbocycles. The van der Waals surface area contributed by atoms with Crippen LogP contribution in [-0.4, -0.2) is 23.8 Å². The summed E-state index contributed by atoms with van der Waals surface area (Å²) in [6.07, 6.45) is 4.67. The summed E-state index contributed by atoms with van der Waals surface area (Å²) in [5, 5.41) is 12.6. The van der Waals surface area contributed by atoms with Crippen molar-refractivity contribution in [2.45, 2.75) is 44.7 Å². The minimum Gasteiger partial charge on any atom is -0.396 e. The predicted molar refractivity (Wildman–Crippen MR) is 71.0 cm³/mol. The van der Waals surface area contributed by atoms with Crippen molar-refractivity contribution in [3.63, 3.8) is 0 Å². The fourth-order valence-electron chi connectivity index (χ4n) is 2.37. The van der Waals surface area contributed by atoms with E-state index in [2.05, 4.69) is 42.6 Å². The second kappa shape index (κ2) is 6.18. The Hall–Kier alpha value is -0.860. The van der Waals surface area contributed by atoms with Crippen molar-refractivity contribution in [1.29, 1.82) is 0 Å². The molecule has 1 fully saturated rings. The molecule has 2 nitrogen and oxygen atoms in total. The second-order valence-electron chi connectivity index (χ2n) is 5.21. The highest BCUT2D eigenvalue weighted by Gasteiger charge is 2.31. The quantitative estimate of drug-likeness (QED) is 0.758. The molecule has 17 heavy (non-hydrogen) atoms. The SMILES string of the molecule is CC(CCO)NC(Cc1ccccc1)C1CC1. The summed E-state index contributed by atoms with van der Waals surface area (Å²) in [4.78, 5) is 0. The van der Waals surface area contributed by atoms with E-state index in [1.165, 1.54) is 18.4 Å². The fourth-order valence-corrected chi connectivity index (χ4v) is 2.37. The predicted octanol–water partition coefficient (Wildman–Crippen LogP) is 2.37. The van der Waals surface area contributed by atoms with E-state index in [9.17, 15) is 0 Å². The van der Waals surface area contributed by atoms with Crippen LogP contribution in [0.3, 0.4) is 0 Å². The van der Waals surface area contributed by atoms with Gasteiger partial charge in [0, 0.05) is 18.7 Å². The van der Waals surface area contributed by atoms with Crippen LogP contribution >= 0.6 is 0 Å². The number of hydrogen-bond donors (Lipinski definition) is 2. The van der Waals surface area contributed by atoms with Gasteiger partial charge in [-0.2, -0.15) is 0 Å². The van der Waals surface area contributed by atoms with E-state index in [-0.39, 0.29) is 6.61 Å². The molecule has 0 amide bonds. The van der Waals surface area contributed by atoms with Gasteiger partial charge in [0.05, 0.1) is 0 Å². The van der Waals surface area contributed by atoms with Crippen LogP contribution in [0, 0.1) is 5.92 Å². The Kier molecular flexibility index (Phi) is 4.57. The zero-order chi connectivity index (χ0) is 12.1. The van der Waals surface area contributed by atoms with Crippen LogP contribution in [0.2, 0.25) is 0 Å². The van der Waals surface area contributed by atoms with Gasteiger partial charge in [0.1, 0.15) is 0 Å². The Morgan fingerprint density at radius 2 is 2.00 bits per heavy atom. The molecule has 0 heterocycles. The molecule has 2 heteroatoms. The van der Waals surface area contributed by atoms with Crippen LogP contribution in [0.4, 0.5) is 0 Å². The number of rotatable bonds is 7. The van der Waals surface area contributed by atoms with E-state index < -0.39 is 0 Å². The first-order valence-electron chi connectivity index (χ1n) is 6.70. The van der Waals surface area contributed by atoms with Crippen molar-refractivity contribution in [3.8, 4) is 0 Å². The van der Waals surface area contributed by atoms with E-state index in [0.29, 0.717) is 12.1 Å². The standard InChI is InChI=1S/C15H23NO/c1-12(9-10-17)16-15(14-7-8-14)11-13-5-3-2-4-6-13/h2-6,12,14-17H,7-11H2,1H3. The maximum Gasteiger partial charge on any atom is 0.0445 e. The first-order valence-corrected chi connectivity index (χ1v) is 6.70. The molecule has 0 radical (unpaired) electrons. The lowest BCUT2D eigenvalue weighted by molar-refractivity contribution is 0.259. The highest BCUT2D eigenvalue weighted by atomic mass is 16.3. The van der Waals surface area contributed by atoms with Crippen molar-refractivity contribution in [2.24, 2.45) is 5.92 Å². The van der Waals surface area contributed by atoms with Gasteiger partial charge in [-0.15, -0.1) is 0 Å². The highest BCUT2D eigenvalue weighted by Crippen LogP contribution is 2.34. The summed E-state index contributed by atoms with van der Waals surface area (Å²) < 4.78 is 0. The van der Waals surface area contributed by atoms with Crippen molar-refractivity contribution in [1.82, 2.24) is 5.32 Å². The van der Waals surface area contributed by atoms with Crippen molar-refractivity contribution >= 4 is 0 Å². The normalized spacial score (nSPS) is 18.9. The lowest BCUT2D eigenvalue weighted by atomic mass is 10.0. The van der Waals surface area contributed by atoms with E-state index in [1.54, 1.807) is 0 Å². The zero-order valence-electron chi connectivity index (χ0n) is 10.6. The Balaban J connectivity index is 1.89. The van der Waals surface area contributed by atoms with Gasteiger partial charge < -0.3 is 10.4 Å². The molecule has 0 spiro atoms. The Morgan fingerprint density at radius 1 is 1.29 bits per heavy atom. The van der Waals surface area contributed by atoms with Crippen molar-refractivity contribution in [3.05, 3.63) is 35.9 Å². The van der Waals surface area contributed by atoms with E-state index in [0.717, 1.165) is 18.8 Å². The molecular formula is C15H23NO. The van der Waals surface area contributed by atoms with Gasteiger partial charge in [-0.25, -0.2) is 0 Å². The summed E-state index contributed by atoms with van der Waals surface area (Å²) in [5.41, 5.74) is 1.41. The molecule has 0 bridgehead atoms. The molecular weight excluding hydrogens is 210 g/mol. The molecule has 0 aromatic heterocycles. The van der Waals surface area contributed by atoms with Gasteiger partial charge in [0.25, 0.3) is 0 Å². The van der Waals surface area contributed by atoms with Gasteiger partial charge in [0.15, 0.2) is 0 Å². The Labute approximate surface area is 104 Å². The highest BCUT2D eigenvalue weighted by molar-refractivity contribution is 5.16. The number of hydrogen-bond acceptors (Lipinski definition) is 2. The molecule has 2 rings (SSSR count).